The summed E-state index contributed by atoms with van der Waals surface area (Å²) in [5.41, 5.74) is 1.79. The van der Waals surface area contributed by atoms with Gasteiger partial charge in [0.05, 0.1) is 26.2 Å². The molecule has 24 heavy (non-hydrogen) atoms. The molecule has 1 aromatic carbocycles. The molecule has 1 heterocycles. The van der Waals surface area contributed by atoms with Gasteiger partial charge in [-0.15, -0.1) is 0 Å². The number of ether oxygens (including phenoxy) is 2. The van der Waals surface area contributed by atoms with Gasteiger partial charge in [-0.1, -0.05) is 0 Å². The predicted molar refractivity (Wildman–Crippen MR) is 89.0 cm³/mol. The summed E-state index contributed by atoms with van der Waals surface area (Å²) in [5, 5.41) is 12.1. The van der Waals surface area contributed by atoms with Crippen molar-refractivity contribution in [2.75, 3.05) is 19.5 Å². The highest BCUT2D eigenvalue weighted by Gasteiger charge is 2.20. The maximum Gasteiger partial charge on any atom is 0.337 e. The molecule has 0 bridgehead atoms. The number of aryl methyl sites for hydroxylation is 2. The quantitative estimate of drug-likeness (QED) is 0.847. The Hall–Kier alpha value is -2.96. The van der Waals surface area contributed by atoms with Crippen LogP contribution in [0.4, 0.5) is 5.69 Å². The van der Waals surface area contributed by atoms with Crippen LogP contribution >= 0.6 is 0 Å². The van der Waals surface area contributed by atoms with E-state index in [0.29, 0.717) is 28.4 Å². The summed E-state index contributed by atoms with van der Waals surface area (Å²) < 4.78 is 12.0. The predicted octanol–water partition coefficient (Wildman–Crippen LogP) is 2.23. The molecule has 0 aliphatic rings. The van der Waals surface area contributed by atoms with Crippen molar-refractivity contribution in [2.24, 2.45) is 7.05 Å². The van der Waals surface area contributed by atoms with Gasteiger partial charge in [0.15, 0.2) is 11.5 Å². The molecule has 2 aromatic rings. The molecule has 0 saturated heterocycles. The maximum atomic E-state index is 12.3. The minimum atomic E-state index is -1.04. The van der Waals surface area contributed by atoms with Gasteiger partial charge in [0.2, 0.25) is 5.91 Å². The van der Waals surface area contributed by atoms with Crippen molar-refractivity contribution >= 4 is 17.6 Å². The van der Waals surface area contributed by atoms with E-state index in [4.69, 9.17) is 9.47 Å². The molecule has 7 nitrogen and oxygen atoms in total. The number of methoxy groups -OCH3 is 2. The number of nitrogens with one attached hydrogen (secondary N) is 1. The number of hydrogen-bond donors (Lipinski definition) is 2. The molecule has 1 aromatic heterocycles. The molecule has 128 valence electrons. The molecule has 0 radical (unpaired) electrons. The van der Waals surface area contributed by atoms with E-state index in [1.54, 1.807) is 42.9 Å². The molecule has 7 heteroatoms. The van der Waals surface area contributed by atoms with Crippen LogP contribution in [0.1, 0.15) is 21.6 Å². The number of hydrogen-bond acceptors (Lipinski definition) is 4. The molecular formula is C17H20N2O5. The fourth-order valence-corrected chi connectivity index (χ4v) is 2.61. The van der Waals surface area contributed by atoms with Gasteiger partial charge in [0.1, 0.15) is 0 Å². The summed E-state index contributed by atoms with van der Waals surface area (Å²) in [6.45, 7) is 1.71. The topological polar surface area (TPSA) is 89.8 Å². The lowest BCUT2D eigenvalue weighted by Gasteiger charge is -2.11. The summed E-state index contributed by atoms with van der Waals surface area (Å²) >= 11 is 0. The number of carbonyl (C=O) groups excluding carboxylic acids is 1. The van der Waals surface area contributed by atoms with E-state index in [0.717, 1.165) is 0 Å². The zero-order valence-corrected chi connectivity index (χ0v) is 14.0. The van der Waals surface area contributed by atoms with Crippen molar-refractivity contribution in [1.82, 2.24) is 4.57 Å². The summed E-state index contributed by atoms with van der Waals surface area (Å²) in [4.78, 5) is 23.7. The third kappa shape index (κ3) is 3.51. The van der Waals surface area contributed by atoms with E-state index >= 15 is 0 Å². The third-order valence-electron chi connectivity index (χ3n) is 3.71. The molecule has 0 unspecified atom stereocenters. The van der Waals surface area contributed by atoms with Crippen molar-refractivity contribution in [2.45, 2.75) is 13.3 Å². The third-order valence-corrected chi connectivity index (χ3v) is 3.71. The Morgan fingerprint density at radius 3 is 2.46 bits per heavy atom. The standard InChI is InChI=1S/C17H20N2O5/c1-10-9-19(2)12(16(10)17(21)22)8-15(20)18-11-5-6-13(23-3)14(7-11)24-4/h5-7,9H,8H2,1-4H3,(H,18,20)(H,21,22). The smallest absolute Gasteiger partial charge is 0.337 e. The molecule has 0 saturated carbocycles. The fraction of sp³-hybridized carbons (Fsp3) is 0.294. The van der Waals surface area contributed by atoms with Crippen LogP contribution in [0.2, 0.25) is 0 Å². The maximum absolute atomic E-state index is 12.3. The number of aromatic carboxylic acids is 1. The summed E-state index contributed by atoms with van der Waals surface area (Å²) in [6, 6.07) is 5.02. The van der Waals surface area contributed by atoms with Crippen LogP contribution < -0.4 is 14.8 Å². The highest BCUT2D eigenvalue weighted by atomic mass is 16.5. The second kappa shape index (κ2) is 7.08. The van der Waals surface area contributed by atoms with Crippen LogP contribution in [0.25, 0.3) is 0 Å². The first kappa shape index (κ1) is 17.4. The Morgan fingerprint density at radius 1 is 1.21 bits per heavy atom. The normalized spacial score (nSPS) is 10.3. The number of carbonyl (C=O) groups is 2. The minimum absolute atomic E-state index is 0.0414. The lowest BCUT2D eigenvalue weighted by molar-refractivity contribution is -0.115. The average molecular weight is 332 g/mol. The number of nitrogens with zero attached hydrogens (tertiary/aromatic N) is 1. The van der Waals surface area contributed by atoms with Gasteiger partial charge in [-0.2, -0.15) is 0 Å². The Kier molecular flexibility index (Phi) is 5.13. The van der Waals surface area contributed by atoms with Crippen molar-refractivity contribution in [3.05, 3.63) is 41.2 Å². The highest BCUT2D eigenvalue weighted by Crippen LogP contribution is 2.29. The molecular weight excluding hydrogens is 312 g/mol. The van der Waals surface area contributed by atoms with E-state index in [9.17, 15) is 14.7 Å². The van der Waals surface area contributed by atoms with Crippen molar-refractivity contribution in [3.63, 3.8) is 0 Å². The molecule has 2 N–H and O–H groups in total. The van der Waals surface area contributed by atoms with Gasteiger partial charge >= 0.3 is 5.97 Å². The lowest BCUT2D eigenvalue weighted by Crippen LogP contribution is -2.18. The monoisotopic (exact) mass is 332 g/mol. The number of benzene rings is 1. The summed E-state index contributed by atoms with van der Waals surface area (Å²) in [7, 11) is 4.76. The number of amides is 1. The van der Waals surface area contributed by atoms with Gasteiger partial charge in [-0.25, -0.2) is 4.79 Å². The summed E-state index contributed by atoms with van der Waals surface area (Å²) in [6.07, 6.45) is 1.66. The van der Waals surface area contributed by atoms with Crippen molar-refractivity contribution in [1.29, 1.82) is 0 Å². The average Bonchev–Trinajstić information content (AvgIpc) is 2.80. The summed E-state index contributed by atoms with van der Waals surface area (Å²) in [5.74, 6) is -0.300. The molecule has 0 aliphatic heterocycles. The van der Waals surface area contributed by atoms with Crippen LogP contribution in [0.5, 0.6) is 11.5 Å². The second-order valence-electron chi connectivity index (χ2n) is 5.34. The van der Waals surface area contributed by atoms with Crippen LogP contribution in [0.15, 0.2) is 24.4 Å². The largest absolute Gasteiger partial charge is 0.493 e. The van der Waals surface area contributed by atoms with Crippen molar-refractivity contribution < 1.29 is 24.2 Å². The molecule has 0 atom stereocenters. The Balaban J connectivity index is 2.19. The molecule has 0 spiro atoms. The molecule has 2 rings (SSSR count). The SMILES string of the molecule is COc1ccc(NC(=O)Cc2c(C(=O)O)c(C)cn2C)cc1OC. The van der Waals surface area contributed by atoms with Gasteiger partial charge in [0, 0.05) is 30.7 Å². The zero-order valence-electron chi connectivity index (χ0n) is 14.0. The fourth-order valence-electron chi connectivity index (χ4n) is 2.61. The first-order valence-electron chi connectivity index (χ1n) is 7.27. The number of carboxylic acids is 1. The van der Waals surface area contributed by atoms with E-state index < -0.39 is 5.97 Å². The second-order valence-corrected chi connectivity index (χ2v) is 5.34. The molecule has 0 aliphatic carbocycles. The van der Waals surface area contributed by atoms with Gasteiger partial charge < -0.3 is 24.5 Å². The highest BCUT2D eigenvalue weighted by molar-refractivity contribution is 5.96. The number of aromatic nitrogens is 1. The van der Waals surface area contributed by atoms with E-state index in [-0.39, 0.29) is 17.9 Å². The van der Waals surface area contributed by atoms with Gasteiger partial charge in [-0.05, 0) is 24.6 Å². The Labute approximate surface area is 139 Å². The molecule has 0 fully saturated rings. The van der Waals surface area contributed by atoms with E-state index in [2.05, 4.69) is 5.32 Å². The van der Waals surface area contributed by atoms with E-state index in [1.165, 1.54) is 14.2 Å². The Morgan fingerprint density at radius 2 is 1.88 bits per heavy atom. The van der Waals surface area contributed by atoms with Crippen molar-refractivity contribution in [3.8, 4) is 11.5 Å². The van der Waals surface area contributed by atoms with Gasteiger partial charge in [-0.3, -0.25) is 4.79 Å². The minimum Gasteiger partial charge on any atom is -0.493 e. The van der Waals surface area contributed by atoms with Crippen LogP contribution in [0, 0.1) is 6.92 Å². The Bertz CT molecular complexity index is 780. The first-order chi connectivity index (χ1) is 11.4. The number of rotatable bonds is 6. The van der Waals surface area contributed by atoms with E-state index in [1.807, 2.05) is 0 Å². The van der Waals surface area contributed by atoms with Crippen LogP contribution in [0.3, 0.4) is 0 Å². The number of anilines is 1. The molecule has 1 amide bonds. The number of carboxylic acid groups (broad SMARTS) is 1. The van der Waals surface area contributed by atoms with Gasteiger partial charge in [0.25, 0.3) is 0 Å². The lowest BCUT2D eigenvalue weighted by atomic mass is 10.1. The zero-order chi connectivity index (χ0) is 17.9. The van der Waals surface area contributed by atoms with Crippen LogP contribution in [-0.4, -0.2) is 35.8 Å². The first-order valence-corrected chi connectivity index (χ1v) is 7.27. The van der Waals surface area contributed by atoms with Crippen LogP contribution in [-0.2, 0) is 18.3 Å².